The third-order valence-corrected chi connectivity index (χ3v) is 6.76. The summed E-state index contributed by atoms with van der Waals surface area (Å²) in [6.07, 6.45) is 1.91. The van der Waals surface area contributed by atoms with Gasteiger partial charge in [-0.2, -0.15) is 4.31 Å². The number of nitrogens with zero attached hydrogens (tertiary/aromatic N) is 1. The highest BCUT2D eigenvalue weighted by Crippen LogP contribution is 2.47. The van der Waals surface area contributed by atoms with E-state index in [1.807, 2.05) is 12.1 Å². The van der Waals surface area contributed by atoms with Gasteiger partial charge in [-0.05, 0) is 36.6 Å². The van der Waals surface area contributed by atoms with E-state index in [1.54, 1.807) is 19.2 Å². The van der Waals surface area contributed by atoms with Crippen molar-refractivity contribution in [3.8, 4) is 11.5 Å². The molecule has 0 unspecified atom stereocenters. The van der Waals surface area contributed by atoms with Crippen LogP contribution in [0, 0.1) is 5.92 Å². The van der Waals surface area contributed by atoms with E-state index in [2.05, 4.69) is 6.92 Å². The molecule has 2 heterocycles. The van der Waals surface area contributed by atoms with Crippen molar-refractivity contribution < 1.29 is 22.3 Å². The number of benzene rings is 1. The standard InChI is InChI=1S/C19H23NO5S/c1-13-10-16(13)17-6-4-14(25-17)12-20(2)26(21,22)15-5-7-18-19(11-15)24-9-3-8-23-18/h4-7,11,13,16H,3,8-10,12H2,1-2H3/t13-,16+/m0/s1. The van der Waals surface area contributed by atoms with Gasteiger partial charge in [-0.3, -0.25) is 0 Å². The van der Waals surface area contributed by atoms with Crippen LogP contribution in [0.5, 0.6) is 11.5 Å². The van der Waals surface area contributed by atoms with E-state index >= 15 is 0 Å². The summed E-state index contributed by atoms with van der Waals surface area (Å²) in [6.45, 7) is 3.46. The molecule has 0 spiro atoms. The van der Waals surface area contributed by atoms with Crippen LogP contribution in [0.25, 0.3) is 0 Å². The van der Waals surface area contributed by atoms with E-state index in [0.717, 1.165) is 18.6 Å². The second-order valence-corrected chi connectivity index (χ2v) is 9.09. The molecule has 0 amide bonds. The highest BCUT2D eigenvalue weighted by molar-refractivity contribution is 7.89. The summed E-state index contributed by atoms with van der Waals surface area (Å²) in [7, 11) is -2.10. The van der Waals surface area contributed by atoms with Crippen LogP contribution in [-0.4, -0.2) is 33.0 Å². The third-order valence-electron chi connectivity index (χ3n) is 4.96. The Labute approximate surface area is 153 Å². The van der Waals surface area contributed by atoms with Crippen molar-refractivity contribution in [2.24, 2.45) is 5.92 Å². The molecular weight excluding hydrogens is 354 g/mol. The minimum atomic E-state index is -3.65. The highest BCUT2D eigenvalue weighted by Gasteiger charge is 2.36. The second-order valence-electron chi connectivity index (χ2n) is 7.04. The first-order valence-corrected chi connectivity index (χ1v) is 10.3. The van der Waals surface area contributed by atoms with Crippen molar-refractivity contribution in [3.63, 3.8) is 0 Å². The molecule has 0 N–H and O–H groups in total. The molecular formula is C19H23NO5S. The van der Waals surface area contributed by atoms with Gasteiger partial charge in [0.25, 0.3) is 0 Å². The molecule has 0 bridgehead atoms. The minimum absolute atomic E-state index is 0.187. The SMILES string of the molecule is C[C@H]1C[C@H]1c1ccc(CN(C)S(=O)(=O)c2ccc3c(c2)OCCCO3)o1. The Balaban J connectivity index is 1.52. The first kappa shape index (κ1) is 17.4. The largest absolute Gasteiger partial charge is 0.490 e. The van der Waals surface area contributed by atoms with Crippen molar-refractivity contribution in [2.45, 2.75) is 37.1 Å². The van der Waals surface area contributed by atoms with E-state index in [9.17, 15) is 8.42 Å². The maximum atomic E-state index is 12.9. The van der Waals surface area contributed by atoms with Gasteiger partial charge in [0.1, 0.15) is 11.5 Å². The van der Waals surface area contributed by atoms with Crippen molar-refractivity contribution in [2.75, 3.05) is 20.3 Å². The van der Waals surface area contributed by atoms with Crippen molar-refractivity contribution in [3.05, 3.63) is 41.9 Å². The first-order chi connectivity index (χ1) is 12.4. The number of hydrogen-bond acceptors (Lipinski definition) is 5. The summed E-state index contributed by atoms with van der Waals surface area (Å²) >= 11 is 0. The molecule has 140 valence electrons. The lowest BCUT2D eigenvalue weighted by atomic mass is 10.3. The number of furan rings is 1. The van der Waals surface area contributed by atoms with Gasteiger partial charge >= 0.3 is 0 Å². The maximum Gasteiger partial charge on any atom is 0.243 e. The summed E-state index contributed by atoms with van der Waals surface area (Å²) in [5.41, 5.74) is 0. The van der Waals surface area contributed by atoms with E-state index in [0.29, 0.717) is 42.3 Å². The van der Waals surface area contributed by atoms with Crippen LogP contribution in [0.2, 0.25) is 0 Å². The summed E-state index contributed by atoms with van der Waals surface area (Å²) < 4.78 is 44.1. The molecule has 26 heavy (non-hydrogen) atoms. The molecule has 1 saturated carbocycles. The van der Waals surface area contributed by atoms with E-state index in [-0.39, 0.29) is 11.4 Å². The molecule has 7 heteroatoms. The monoisotopic (exact) mass is 377 g/mol. The Morgan fingerprint density at radius 1 is 1.12 bits per heavy atom. The molecule has 4 rings (SSSR count). The fraction of sp³-hybridized carbons (Fsp3) is 0.474. The molecule has 1 aliphatic heterocycles. The Hall–Kier alpha value is -1.99. The van der Waals surface area contributed by atoms with Crippen LogP contribution < -0.4 is 9.47 Å². The third kappa shape index (κ3) is 3.33. The smallest absolute Gasteiger partial charge is 0.243 e. The van der Waals surface area contributed by atoms with E-state index in [1.165, 1.54) is 10.4 Å². The van der Waals surface area contributed by atoms with Gasteiger partial charge in [-0.1, -0.05) is 6.92 Å². The average molecular weight is 377 g/mol. The van der Waals surface area contributed by atoms with Gasteiger partial charge < -0.3 is 13.9 Å². The zero-order valence-corrected chi connectivity index (χ0v) is 15.8. The Bertz CT molecular complexity index is 904. The summed E-state index contributed by atoms with van der Waals surface area (Å²) in [6, 6.07) is 8.56. The van der Waals surface area contributed by atoms with Crippen molar-refractivity contribution >= 4 is 10.0 Å². The normalized spacial score (nSPS) is 22.3. The molecule has 0 radical (unpaired) electrons. The Kier molecular flexibility index (Phi) is 4.44. The lowest BCUT2D eigenvalue weighted by molar-refractivity contribution is 0.297. The van der Waals surface area contributed by atoms with Gasteiger partial charge in [0.2, 0.25) is 10.0 Å². The average Bonchev–Trinajstić information content (AvgIpc) is 3.25. The van der Waals surface area contributed by atoms with E-state index < -0.39 is 10.0 Å². The van der Waals surface area contributed by atoms with Gasteiger partial charge in [0.15, 0.2) is 11.5 Å². The lowest BCUT2D eigenvalue weighted by Gasteiger charge is -2.17. The molecule has 0 saturated heterocycles. The topological polar surface area (TPSA) is 69.0 Å². The number of fused-ring (bicyclic) bond motifs is 1. The van der Waals surface area contributed by atoms with Crippen LogP contribution in [0.15, 0.2) is 39.6 Å². The van der Waals surface area contributed by atoms with Gasteiger partial charge in [0, 0.05) is 25.5 Å². The highest BCUT2D eigenvalue weighted by atomic mass is 32.2. The van der Waals surface area contributed by atoms with Crippen LogP contribution in [0.1, 0.15) is 37.2 Å². The van der Waals surface area contributed by atoms with Crippen LogP contribution in [0.3, 0.4) is 0 Å². The first-order valence-electron chi connectivity index (χ1n) is 8.90. The van der Waals surface area contributed by atoms with Gasteiger partial charge in [-0.15, -0.1) is 0 Å². The molecule has 2 atom stereocenters. The summed E-state index contributed by atoms with van der Waals surface area (Å²) in [4.78, 5) is 0.187. The summed E-state index contributed by atoms with van der Waals surface area (Å²) in [5.74, 6) is 3.79. The fourth-order valence-corrected chi connectivity index (χ4v) is 4.34. The van der Waals surface area contributed by atoms with Crippen LogP contribution >= 0.6 is 0 Å². The Morgan fingerprint density at radius 3 is 2.58 bits per heavy atom. The number of sulfonamides is 1. The predicted octanol–water partition coefficient (Wildman–Crippen LogP) is 3.39. The molecule has 2 aliphatic rings. The van der Waals surface area contributed by atoms with Crippen LogP contribution in [-0.2, 0) is 16.6 Å². The van der Waals surface area contributed by atoms with Crippen LogP contribution in [0.4, 0.5) is 0 Å². The molecule has 1 aliphatic carbocycles. The molecule has 2 aromatic rings. The van der Waals surface area contributed by atoms with E-state index in [4.69, 9.17) is 13.9 Å². The number of ether oxygens (including phenoxy) is 2. The molecule has 1 aromatic carbocycles. The fourth-order valence-electron chi connectivity index (χ4n) is 3.19. The number of hydrogen-bond donors (Lipinski definition) is 0. The molecule has 6 nitrogen and oxygen atoms in total. The van der Waals surface area contributed by atoms with Crippen molar-refractivity contribution in [1.29, 1.82) is 0 Å². The maximum absolute atomic E-state index is 12.9. The molecule has 1 aromatic heterocycles. The summed E-state index contributed by atoms with van der Waals surface area (Å²) in [5, 5.41) is 0. The van der Waals surface area contributed by atoms with Gasteiger partial charge in [0.05, 0.1) is 24.7 Å². The number of rotatable bonds is 5. The predicted molar refractivity (Wildman–Crippen MR) is 95.9 cm³/mol. The quantitative estimate of drug-likeness (QED) is 0.799. The Morgan fingerprint density at radius 2 is 1.85 bits per heavy atom. The zero-order chi connectivity index (χ0) is 18.3. The van der Waals surface area contributed by atoms with Gasteiger partial charge in [-0.25, -0.2) is 8.42 Å². The molecule has 1 fully saturated rings. The second kappa shape index (κ2) is 6.63. The lowest BCUT2D eigenvalue weighted by Crippen LogP contribution is -2.26. The zero-order valence-electron chi connectivity index (χ0n) is 15.0. The minimum Gasteiger partial charge on any atom is -0.490 e. The van der Waals surface area contributed by atoms with Crippen molar-refractivity contribution in [1.82, 2.24) is 4.31 Å².